The lowest BCUT2D eigenvalue weighted by atomic mass is 9.91. The van der Waals surface area contributed by atoms with Gasteiger partial charge in [-0.2, -0.15) is 0 Å². The number of allylic oxidation sites excluding steroid dienone is 2. The molecule has 56 valence electrons. The van der Waals surface area contributed by atoms with Gasteiger partial charge in [-0.3, -0.25) is 4.79 Å². The van der Waals surface area contributed by atoms with E-state index in [0.717, 1.165) is 19.3 Å². The summed E-state index contributed by atoms with van der Waals surface area (Å²) in [4.78, 5) is 10.6. The first kappa shape index (κ1) is 7.80. The molecule has 0 aromatic rings. The first-order valence-electron chi connectivity index (χ1n) is 3.55. The van der Waals surface area contributed by atoms with E-state index in [9.17, 15) is 4.79 Å². The maximum atomic E-state index is 10.6. The summed E-state index contributed by atoms with van der Waals surface area (Å²) < 4.78 is 0. The normalized spacial score (nSPS) is 25.8. The lowest BCUT2D eigenvalue weighted by Gasteiger charge is -2.15. The van der Waals surface area contributed by atoms with Crippen molar-refractivity contribution < 1.29 is 4.79 Å². The summed E-state index contributed by atoms with van der Waals surface area (Å²) in [5, 5.41) is -0.177. The molecule has 10 heavy (non-hydrogen) atoms. The molecule has 1 aliphatic carbocycles. The minimum absolute atomic E-state index is 0.0883. The molecule has 0 aliphatic heterocycles. The smallest absolute Gasteiger partial charge is 0.225 e. The van der Waals surface area contributed by atoms with Crippen LogP contribution in [-0.2, 0) is 4.79 Å². The Morgan fingerprint density at radius 3 is 2.90 bits per heavy atom. The summed E-state index contributed by atoms with van der Waals surface area (Å²) in [7, 11) is 0. The van der Waals surface area contributed by atoms with Crippen LogP contribution in [0.15, 0.2) is 11.6 Å². The third-order valence-electron chi connectivity index (χ3n) is 1.96. The molecule has 0 heterocycles. The van der Waals surface area contributed by atoms with E-state index in [1.54, 1.807) is 0 Å². The minimum atomic E-state index is -0.177. The van der Waals surface area contributed by atoms with Gasteiger partial charge in [0.25, 0.3) is 0 Å². The molecule has 2 heteroatoms. The van der Waals surface area contributed by atoms with Gasteiger partial charge in [0.2, 0.25) is 5.24 Å². The highest BCUT2D eigenvalue weighted by atomic mass is 35.5. The van der Waals surface area contributed by atoms with Crippen molar-refractivity contribution in [2.45, 2.75) is 26.2 Å². The Labute approximate surface area is 66.1 Å². The molecule has 1 atom stereocenters. The van der Waals surface area contributed by atoms with Crippen LogP contribution in [0.1, 0.15) is 26.2 Å². The van der Waals surface area contributed by atoms with Crippen LogP contribution in [0.2, 0.25) is 0 Å². The van der Waals surface area contributed by atoms with Gasteiger partial charge in [-0.05, 0) is 37.8 Å². The van der Waals surface area contributed by atoms with Crippen molar-refractivity contribution in [2.24, 2.45) is 5.92 Å². The standard InChI is InChI=1S/C8H11ClO/c1-6-2-4-7(5-3-6)8(9)10/h2,7H,3-5H2,1H3/t7-/m0/s1. The van der Waals surface area contributed by atoms with E-state index < -0.39 is 0 Å². The fraction of sp³-hybridized carbons (Fsp3) is 0.625. The molecular weight excluding hydrogens is 148 g/mol. The molecule has 0 fully saturated rings. The van der Waals surface area contributed by atoms with E-state index in [2.05, 4.69) is 13.0 Å². The Kier molecular flexibility index (Phi) is 2.50. The molecule has 0 unspecified atom stereocenters. The SMILES string of the molecule is CC1=CC[C@H](C(=O)Cl)CC1. The van der Waals surface area contributed by atoms with Crippen molar-refractivity contribution >= 4 is 16.8 Å². The van der Waals surface area contributed by atoms with Gasteiger partial charge in [0, 0.05) is 5.92 Å². The van der Waals surface area contributed by atoms with Crippen LogP contribution in [-0.4, -0.2) is 5.24 Å². The summed E-state index contributed by atoms with van der Waals surface area (Å²) >= 11 is 5.34. The van der Waals surface area contributed by atoms with Crippen molar-refractivity contribution in [1.29, 1.82) is 0 Å². The Morgan fingerprint density at radius 1 is 1.80 bits per heavy atom. The van der Waals surface area contributed by atoms with Gasteiger partial charge in [-0.1, -0.05) is 11.6 Å². The van der Waals surface area contributed by atoms with E-state index >= 15 is 0 Å². The van der Waals surface area contributed by atoms with Crippen LogP contribution in [0.5, 0.6) is 0 Å². The monoisotopic (exact) mass is 158 g/mol. The molecule has 1 nitrogen and oxygen atoms in total. The summed E-state index contributed by atoms with van der Waals surface area (Å²) in [5.74, 6) is 0.0883. The minimum Gasteiger partial charge on any atom is -0.281 e. The zero-order valence-corrected chi connectivity index (χ0v) is 6.82. The van der Waals surface area contributed by atoms with E-state index in [0.29, 0.717) is 0 Å². The maximum Gasteiger partial charge on any atom is 0.225 e. The Balaban J connectivity index is 2.50. The molecule has 0 N–H and O–H groups in total. The molecule has 0 aromatic carbocycles. The van der Waals surface area contributed by atoms with Gasteiger partial charge >= 0.3 is 0 Å². The Hall–Kier alpha value is -0.300. The zero-order valence-electron chi connectivity index (χ0n) is 6.06. The zero-order chi connectivity index (χ0) is 7.56. The highest BCUT2D eigenvalue weighted by Crippen LogP contribution is 2.24. The summed E-state index contributed by atoms with van der Waals surface area (Å²) in [6.07, 6.45) is 4.91. The third-order valence-corrected chi connectivity index (χ3v) is 2.27. The van der Waals surface area contributed by atoms with E-state index in [4.69, 9.17) is 11.6 Å². The number of carbonyl (C=O) groups excluding carboxylic acids is 1. The second-order valence-corrected chi connectivity index (χ2v) is 3.20. The Morgan fingerprint density at radius 2 is 2.50 bits per heavy atom. The van der Waals surface area contributed by atoms with Crippen LogP contribution < -0.4 is 0 Å². The van der Waals surface area contributed by atoms with Crippen LogP contribution in [0.3, 0.4) is 0 Å². The molecule has 0 spiro atoms. The van der Waals surface area contributed by atoms with Gasteiger partial charge in [0.1, 0.15) is 0 Å². The first-order chi connectivity index (χ1) is 4.70. The van der Waals surface area contributed by atoms with Crippen LogP contribution in [0.4, 0.5) is 0 Å². The van der Waals surface area contributed by atoms with Crippen molar-refractivity contribution in [2.75, 3.05) is 0 Å². The van der Waals surface area contributed by atoms with Crippen LogP contribution >= 0.6 is 11.6 Å². The lowest BCUT2D eigenvalue weighted by molar-refractivity contribution is -0.115. The molecule has 0 aromatic heterocycles. The highest BCUT2D eigenvalue weighted by Gasteiger charge is 2.17. The predicted octanol–water partition coefficient (Wildman–Crippen LogP) is 2.50. The third kappa shape index (κ3) is 1.84. The van der Waals surface area contributed by atoms with Gasteiger partial charge in [-0.15, -0.1) is 0 Å². The number of carbonyl (C=O) groups is 1. The average molecular weight is 159 g/mol. The summed E-state index contributed by atoms with van der Waals surface area (Å²) in [6, 6.07) is 0. The lowest BCUT2D eigenvalue weighted by Crippen LogP contribution is -2.11. The predicted molar refractivity (Wildman–Crippen MR) is 42.0 cm³/mol. The maximum absolute atomic E-state index is 10.6. The van der Waals surface area contributed by atoms with Gasteiger partial charge in [0.05, 0.1) is 0 Å². The van der Waals surface area contributed by atoms with E-state index in [1.807, 2.05) is 0 Å². The van der Waals surface area contributed by atoms with Crippen molar-refractivity contribution in [3.05, 3.63) is 11.6 Å². The van der Waals surface area contributed by atoms with Crippen LogP contribution in [0.25, 0.3) is 0 Å². The van der Waals surface area contributed by atoms with Crippen molar-refractivity contribution in [3.63, 3.8) is 0 Å². The van der Waals surface area contributed by atoms with Crippen molar-refractivity contribution in [3.8, 4) is 0 Å². The Bertz CT molecular complexity index is 172. The van der Waals surface area contributed by atoms with E-state index in [1.165, 1.54) is 5.57 Å². The average Bonchev–Trinajstić information content (AvgIpc) is 1.88. The topological polar surface area (TPSA) is 17.1 Å². The molecule has 0 radical (unpaired) electrons. The highest BCUT2D eigenvalue weighted by molar-refractivity contribution is 6.64. The molecule has 0 saturated heterocycles. The second kappa shape index (κ2) is 3.20. The van der Waals surface area contributed by atoms with Gasteiger partial charge in [0.15, 0.2) is 0 Å². The number of hydrogen-bond donors (Lipinski definition) is 0. The fourth-order valence-corrected chi connectivity index (χ4v) is 1.37. The van der Waals surface area contributed by atoms with E-state index in [-0.39, 0.29) is 11.2 Å². The second-order valence-electron chi connectivity index (χ2n) is 2.83. The van der Waals surface area contributed by atoms with Crippen LogP contribution in [0, 0.1) is 5.92 Å². The number of hydrogen-bond acceptors (Lipinski definition) is 1. The van der Waals surface area contributed by atoms with Crippen molar-refractivity contribution in [1.82, 2.24) is 0 Å². The molecule has 0 amide bonds. The molecule has 0 bridgehead atoms. The quantitative estimate of drug-likeness (QED) is 0.423. The fourth-order valence-electron chi connectivity index (χ4n) is 1.17. The summed E-state index contributed by atoms with van der Waals surface area (Å²) in [6.45, 7) is 2.09. The molecule has 1 aliphatic rings. The largest absolute Gasteiger partial charge is 0.281 e. The number of halogens is 1. The number of rotatable bonds is 1. The van der Waals surface area contributed by atoms with Gasteiger partial charge in [-0.25, -0.2) is 0 Å². The molecule has 1 rings (SSSR count). The molecular formula is C8H11ClO. The van der Waals surface area contributed by atoms with Gasteiger partial charge < -0.3 is 0 Å². The summed E-state index contributed by atoms with van der Waals surface area (Å²) in [5.41, 5.74) is 1.38. The molecule has 0 saturated carbocycles. The first-order valence-corrected chi connectivity index (χ1v) is 3.93.